The minimum absolute atomic E-state index is 0.0280. The van der Waals surface area contributed by atoms with Crippen molar-refractivity contribution >= 4 is 17.5 Å². The fourth-order valence-corrected chi connectivity index (χ4v) is 10.6. The number of hydrogen-bond acceptors (Lipinski definition) is 4. The number of allylic oxidation sites excluding steroid dienone is 4. The first kappa shape index (κ1) is 26.4. The van der Waals surface area contributed by atoms with Gasteiger partial charge in [0.2, 0.25) is 0 Å². The van der Waals surface area contributed by atoms with E-state index in [0.717, 1.165) is 44.1 Å². The Morgan fingerprint density at radius 3 is 2.35 bits per heavy atom. The summed E-state index contributed by atoms with van der Waals surface area (Å²) >= 11 is 0. The summed E-state index contributed by atoms with van der Waals surface area (Å²) in [5, 5.41) is 19.8. The van der Waals surface area contributed by atoms with Crippen molar-refractivity contribution in [2.24, 2.45) is 56.7 Å². The Labute approximate surface area is 221 Å². The molecule has 0 heterocycles. The Morgan fingerprint density at radius 2 is 1.73 bits per heavy atom. The van der Waals surface area contributed by atoms with Gasteiger partial charge in [0.05, 0.1) is 12.0 Å². The van der Waals surface area contributed by atoms with Gasteiger partial charge in [0.1, 0.15) is 6.07 Å². The van der Waals surface area contributed by atoms with E-state index in [1.54, 1.807) is 0 Å². The van der Waals surface area contributed by atoms with Gasteiger partial charge in [0, 0.05) is 16.7 Å². The van der Waals surface area contributed by atoms with Crippen molar-refractivity contribution in [2.45, 2.75) is 93.4 Å². The molecule has 0 amide bonds. The van der Waals surface area contributed by atoms with E-state index in [1.807, 2.05) is 26.0 Å². The number of hydrogen-bond donors (Lipinski definition) is 1. The van der Waals surface area contributed by atoms with Crippen molar-refractivity contribution in [3.05, 3.63) is 23.3 Å². The van der Waals surface area contributed by atoms with Gasteiger partial charge in [0.25, 0.3) is 0 Å². The summed E-state index contributed by atoms with van der Waals surface area (Å²) < 4.78 is 0. The van der Waals surface area contributed by atoms with E-state index < -0.39 is 16.8 Å². The number of carbonyl (C=O) groups is 3. The average molecular weight is 506 g/mol. The van der Waals surface area contributed by atoms with E-state index in [1.165, 1.54) is 0 Å². The average Bonchev–Trinajstić information content (AvgIpc) is 2.81. The van der Waals surface area contributed by atoms with Crippen LogP contribution in [0.5, 0.6) is 0 Å². The van der Waals surface area contributed by atoms with Crippen molar-refractivity contribution in [2.75, 3.05) is 0 Å². The Balaban J connectivity index is 1.70. The van der Waals surface area contributed by atoms with Crippen molar-refractivity contribution in [3.8, 4) is 6.07 Å². The minimum Gasteiger partial charge on any atom is -0.481 e. The first-order valence-corrected chi connectivity index (χ1v) is 14.3. The van der Waals surface area contributed by atoms with E-state index in [2.05, 4.69) is 40.7 Å². The first-order valence-electron chi connectivity index (χ1n) is 14.3. The molecule has 0 aromatic carbocycles. The molecular formula is C32H43NO4. The molecule has 0 aliphatic heterocycles. The molecule has 5 nitrogen and oxygen atoms in total. The second-order valence-corrected chi connectivity index (χ2v) is 14.6. The van der Waals surface area contributed by atoms with Gasteiger partial charge in [-0.05, 0) is 84.5 Å². The van der Waals surface area contributed by atoms with Gasteiger partial charge < -0.3 is 5.11 Å². The molecule has 5 aliphatic carbocycles. The van der Waals surface area contributed by atoms with Crippen LogP contribution in [0.1, 0.15) is 93.4 Å². The lowest BCUT2D eigenvalue weighted by molar-refractivity contribution is -0.183. The molecule has 5 aliphatic rings. The molecule has 5 heteroatoms. The number of fused-ring (bicyclic) bond motifs is 7. The van der Waals surface area contributed by atoms with Gasteiger partial charge in [-0.3, -0.25) is 14.4 Å². The molecule has 0 radical (unpaired) electrons. The summed E-state index contributed by atoms with van der Waals surface area (Å²) in [6.45, 7) is 15.2. The second-order valence-electron chi connectivity index (χ2n) is 14.6. The fraction of sp³-hybridized carbons (Fsp3) is 0.750. The molecule has 0 spiro atoms. The van der Waals surface area contributed by atoms with Gasteiger partial charge in [0.15, 0.2) is 11.6 Å². The molecule has 1 N–H and O–H groups in total. The normalized spacial score (nSPS) is 48.3. The van der Waals surface area contributed by atoms with Gasteiger partial charge in [-0.1, -0.05) is 60.1 Å². The van der Waals surface area contributed by atoms with E-state index in [4.69, 9.17) is 0 Å². The Morgan fingerprint density at radius 1 is 1.05 bits per heavy atom. The summed E-state index contributed by atoms with van der Waals surface area (Å²) in [7, 11) is 0. The van der Waals surface area contributed by atoms with Crippen LogP contribution in [0.2, 0.25) is 0 Å². The van der Waals surface area contributed by atoms with Crippen LogP contribution in [0.4, 0.5) is 0 Å². The Hall–Kier alpha value is -2.22. The molecule has 5 rings (SSSR count). The molecule has 3 saturated carbocycles. The zero-order valence-corrected chi connectivity index (χ0v) is 23.6. The number of nitriles is 1. The highest BCUT2D eigenvalue weighted by Gasteiger charge is 2.70. The topological polar surface area (TPSA) is 95.2 Å². The van der Waals surface area contributed by atoms with E-state index >= 15 is 0 Å². The van der Waals surface area contributed by atoms with E-state index in [-0.39, 0.29) is 63.5 Å². The highest BCUT2D eigenvalue weighted by atomic mass is 16.4. The summed E-state index contributed by atoms with van der Waals surface area (Å²) in [6.07, 6.45) is 9.27. The molecular weight excluding hydrogens is 462 g/mol. The van der Waals surface area contributed by atoms with Crippen LogP contribution in [0.25, 0.3) is 0 Å². The molecule has 0 saturated heterocycles. The number of carboxylic acid groups (broad SMARTS) is 1. The third-order valence-corrected chi connectivity index (χ3v) is 12.9. The molecule has 200 valence electrons. The summed E-state index contributed by atoms with van der Waals surface area (Å²) in [5.74, 6) is -0.0908. The van der Waals surface area contributed by atoms with Crippen molar-refractivity contribution in [1.82, 2.24) is 0 Å². The zero-order chi connectivity index (χ0) is 27.3. The SMILES string of the molecule is C[C@@H]1[C@H]2[C@H]3C(=O)C=C4[C@@]5(C)C=C(C#N)C(=O)C(C)(C)[C@@H]5CC[C@@]4(C)[C@]3(C)CC[C@@]2(CC(=O)O)CC[C@H]1C. The maximum atomic E-state index is 14.4. The molecule has 37 heavy (non-hydrogen) atoms. The van der Waals surface area contributed by atoms with Crippen LogP contribution >= 0.6 is 0 Å². The van der Waals surface area contributed by atoms with Crippen LogP contribution in [-0.4, -0.2) is 22.6 Å². The number of aliphatic carboxylic acids is 1. The molecule has 0 aromatic heterocycles. The maximum absolute atomic E-state index is 14.4. The monoisotopic (exact) mass is 505 g/mol. The standard InChI is InChI=1S/C32H43NO4/c1-18-8-11-32(16-24(35)36)13-12-31(7)26(25(32)19(18)2)21(34)14-23-29(5)15-20(17-33)27(37)28(3,4)22(29)9-10-30(23,31)6/h14-15,18-19,22,25-26H,8-13,16H2,1-7H3,(H,35,36)/t18-,19+,22+,25+,26-,29+,30-,31-,32-/m1/s1. The van der Waals surface area contributed by atoms with Crippen molar-refractivity contribution in [3.63, 3.8) is 0 Å². The minimum atomic E-state index is -0.752. The summed E-state index contributed by atoms with van der Waals surface area (Å²) in [4.78, 5) is 39.7. The number of rotatable bonds is 2. The Bertz CT molecular complexity index is 1190. The van der Waals surface area contributed by atoms with E-state index in [0.29, 0.717) is 5.92 Å². The van der Waals surface area contributed by atoms with Crippen LogP contribution in [0.15, 0.2) is 23.3 Å². The lowest BCUT2D eigenvalue weighted by Gasteiger charge is -2.69. The number of carboxylic acids is 1. The van der Waals surface area contributed by atoms with Gasteiger partial charge in [-0.25, -0.2) is 0 Å². The second kappa shape index (κ2) is 7.90. The number of Topliss-reactive ketones (excluding diaryl/α,β-unsaturated/α-hetero) is 1. The molecule has 0 aromatic rings. The van der Waals surface area contributed by atoms with Crippen LogP contribution < -0.4 is 0 Å². The molecule has 3 fully saturated rings. The lowest BCUT2D eigenvalue weighted by atomic mass is 9.33. The molecule has 0 unspecified atom stereocenters. The largest absolute Gasteiger partial charge is 0.481 e. The third-order valence-electron chi connectivity index (χ3n) is 12.9. The number of nitrogens with zero attached hydrogens (tertiary/aromatic N) is 1. The molecule has 0 bridgehead atoms. The van der Waals surface area contributed by atoms with E-state index in [9.17, 15) is 24.8 Å². The van der Waals surface area contributed by atoms with Crippen LogP contribution in [-0.2, 0) is 14.4 Å². The summed E-state index contributed by atoms with van der Waals surface area (Å²) in [5.41, 5.74) is -0.794. The predicted molar refractivity (Wildman–Crippen MR) is 141 cm³/mol. The quantitative estimate of drug-likeness (QED) is 0.460. The van der Waals surface area contributed by atoms with Crippen molar-refractivity contribution < 1.29 is 19.5 Å². The summed E-state index contributed by atoms with van der Waals surface area (Å²) in [6, 6.07) is 2.17. The highest BCUT2D eigenvalue weighted by Crippen LogP contribution is 2.74. The maximum Gasteiger partial charge on any atom is 0.303 e. The van der Waals surface area contributed by atoms with Crippen LogP contribution in [0, 0.1) is 68.0 Å². The first-order chi connectivity index (χ1) is 17.1. The number of carbonyl (C=O) groups excluding carboxylic acids is 2. The zero-order valence-electron chi connectivity index (χ0n) is 23.6. The molecule has 9 atom stereocenters. The number of ketones is 2. The Kier molecular flexibility index (Phi) is 5.64. The van der Waals surface area contributed by atoms with Gasteiger partial charge in [-0.15, -0.1) is 0 Å². The third kappa shape index (κ3) is 3.17. The fourth-order valence-electron chi connectivity index (χ4n) is 10.6. The van der Waals surface area contributed by atoms with Crippen LogP contribution in [0.3, 0.4) is 0 Å². The predicted octanol–water partition coefficient (Wildman–Crippen LogP) is 6.54. The van der Waals surface area contributed by atoms with Gasteiger partial charge >= 0.3 is 5.97 Å². The highest BCUT2D eigenvalue weighted by molar-refractivity contribution is 6.04. The van der Waals surface area contributed by atoms with Crippen molar-refractivity contribution in [1.29, 1.82) is 5.26 Å². The van der Waals surface area contributed by atoms with Gasteiger partial charge in [-0.2, -0.15) is 5.26 Å². The smallest absolute Gasteiger partial charge is 0.303 e. The lowest BCUT2D eigenvalue weighted by Crippen LogP contribution is -2.65.